The van der Waals surface area contributed by atoms with Crippen molar-refractivity contribution in [3.8, 4) is 11.5 Å². The molecule has 2 aromatic rings. The van der Waals surface area contributed by atoms with Gasteiger partial charge in [0.1, 0.15) is 6.61 Å². The van der Waals surface area contributed by atoms with Crippen LogP contribution < -0.4 is 14.8 Å². The average Bonchev–Trinajstić information content (AvgIpc) is 2.65. The quantitative estimate of drug-likeness (QED) is 0.513. The second-order valence-electron chi connectivity index (χ2n) is 5.71. The van der Waals surface area contributed by atoms with Crippen molar-refractivity contribution >= 4 is 23.2 Å². The molecule has 0 aliphatic heterocycles. The van der Waals surface area contributed by atoms with Gasteiger partial charge in [-0.05, 0) is 25.1 Å². The number of rotatable bonds is 12. The number of benzene rings is 2. The van der Waals surface area contributed by atoms with E-state index in [1.165, 1.54) is 0 Å². The number of ether oxygens (including phenoxy) is 3. The molecule has 0 heterocycles. The maximum Gasteiger partial charge on any atom is 0.166 e. The monoisotopic (exact) mass is 413 g/mol. The summed E-state index contributed by atoms with van der Waals surface area (Å²) in [5, 5.41) is 13.2. The Morgan fingerprint density at radius 1 is 1.04 bits per heavy atom. The molecule has 2 rings (SSSR count). The van der Waals surface area contributed by atoms with Crippen molar-refractivity contribution in [1.29, 1.82) is 0 Å². The van der Waals surface area contributed by atoms with Crippen molar-refractivity contribution in [2.75, 3.05) is 33.0 Å². The van der Waals surface area contributed by atoms with Gasteiger partial charge >= 0.3 is 0 Å². The SMILES string of the molecule is CCOc1cccc(CNCCOCCO)c1OCc1ccc(Cl)cc1Cl. The first kappa shape index (κ1) is 21.8. The van der Waals surface area contributed by atoms with E-state index >= 15 is 0 Å². The van der Waals surface area contributed by atoms with Crippen molar-refractivity contribution in [2.45, 2.75) is 20.1 Å². The second-order valence-corrected chi connectivity index (χ2v) is 6.56. The van der Waals surface area contributed by atoms with Crippen molar-refractivity contribution in [1.82, 2.24) is 5.32 Å². The van der Waals surface area contributed by atoms with Gasteiger partial charge in [-0.15, -0.1) is 0 Å². The summed E-state index contributed by atoms with van der Waals surface area (Å²) in [5.41, 5.74) is 1.83. The standard InChI is InChI=1S/C20H25Cl2NO4/c1-2-26-19-5-3-4-15(13-23-8-10-25-11-9-24)20(19)27-14-16-6-7-17(21)12-18(16)22/h3-7,12,23-24H,2,8-11,13-14H2,1H3. The predicted octanol–water partition coefficient (Wildman–Crippen LogP) is 4.07. The van der Waals surface area contributed by atoms with Crippen LogP contribution in [-0.2, 0) is 17.9 Å². The Hall–Kier alpha value is -1.50. The van der Waals surface area contributed by atoms with E-state index in [0.717, 1.165) is 11.1 Å². The Balaban J connectivity index is 2.04. The molecule has 0 amide bonds. The number of aliphatic hydroxyl groups excluding tert-OH is 1. The van der Waals surface area contributed by atoms with E-state index in [4.69, 9.17) is 42.5 Å². The topological polar surface area (TPSA) is 60.0 Å². The fourth-order valence-electron chi connectivity index (χ4n) is 2.46. The Labute approximate surface area is 170 Å². The van der Waals surface area contributed by atoms with E-state index in [1.807, 2.05) is 31.2 Å². The molecule has 0 fully saturated rings. The van der Waals surface area contributed by atoms with Crippen LogP contribution in [0.3, 0.4) is 0 Å². The van der Waals surface area contributed by atoms with E-state index < -0.39 is 0 Å². The van der Waals surface area contributed by atoms with Crippen LogP contribution in [0.15, 0.2) is 36.4 Å². The normalized spacial score (nSPS) is 10.8. The number of hydrogen-bond donors (Lipinski definition) is 2. The summed E-state index contributed by atoms with van der Waals surface area (Å²) in [6.45, 7) is 4.97. The fourth-order valence-corrected chi connectivity index (χ4v) is 2.92. The van der Waals surface area contributed by atoms with Crippen LogP contribution >= 0.6 is 23.2 Å². The first-order valence-corrected chi connectivity index (χ1v) is 9.62. The van der Waals surface area contributed by atoms with Crippen LogP contribution in [0.5, 0.6) is 11.5 Å². The van der Waals surface area contributed by atoms with Crippen molar-refractivity contribution < 1.29 is 19.3 Å². The Morgan fingerprint density at radius 3 is 2.63 bits per heavy atom. The zero-order chi connectivity index (χ0) is 19.5. The molecule has 0 spiro atoms. The van der Waals surface area contributed by atoms with Crippen LogP contribution in [-0.4, -0.2) is 38.1 Å². The summed E-state index contributed by atoms with van der Waals surface area (Å²) in [4.78, 5) is 0. The van der Waals surface area contributed by atoms with Crippen molar-refractivity contribution in [3.63, 3.8) is 0 Å². The minimum atomic E-state index is 0.0294. The smallest absolute Gasteiger partial charge is 0.166 e. The molecule has 0 radical (unpaired) electrons. The molecule has 27 heavy (non-hydrogen) atoms. The molecule has 0 aliphatic carbocycles. The van der Waals surface area contributed by atoms with Gasteiger partial charge in [0, 0.05) is 34.3 Å². The lowest BCUT2D eigenvalue weighted by Gasteiger charge is -2.17. The molecule has 2 N–H and O–H groups in total. The van der Waals surface area contributed by atoms with Crippen LogP contribution in [0, 0.1) is 0 Å². The van der Waals surface area contributed by atoms with Crippen LogP contribution in [0.2, 0.25) is 10.0 Å². The van der Waals surface area contributed by atoms with Gasteiger partial charge in [0.2, 0.25) is 0 Å². The summed E-state index contributed by atoms with van der Waals surface area (Å²) < 4.78 is 17.0. The number of nitrogens with one attached hydrogen (secondary N) is 1. The van der Waals surface area contributed by atoms with Crippen molar-refractivity contribution in [3.05, 3.63) is 57.6 Å². The van der Waals surface area contributed by atoms with Crippen LogP contribution in [0.25, 0.3) is 0 Å². The summed E-state index contributed by atoms with van der Waals surface area (Å²) >= 11 is 12.2. The highest BCUT2D eigenvalue weighted by atomic mass is 35.5. The minimum Gasteiger partial charge on any atom is -0.490 e. The third-order valence-electron chi connectivity index (χ3n) is 3.72. The Bertz CT molecular complexity index is 712. The first-order chi connectivity index (χ1) is 13.2. The summed E-state index contributed by atoms with van der Waals surface area (Å²) in [5.74, 6) is 1.38. The van der Waals surface area contributed by atoms with Gasteiger partial charge in [-0.3, -0.25) is 0 Å². The molecular weight excluding hydrogens is 389 g/mol. The van der Waals surface area contributed by atoms with E-state index in [0.29, 0.717) is 61.1 Å². The fraction of sp³-hybridized carbons (Fsp3) is 0.400. The van der Waals surface area contributed by atoms with Crippen LogP contribution in [0.4, 0.5) is 0 Å². The molecule has 0 atom stereocenters. The average molecular weight is 414 g/mol. The molecule has 0 aliphatic rings. The second kappa shape index (κ2) is 12.1. The van der Waals surface area contributed by atoms with Crippen molar-refractivity contribution in [2.24, 2.45) is 0 Å². The van der Waals surface area contributed by atoms with E-state index in [2.05, 4.69) is 5.32 Å². The highest BCUT2D eigenvalue weighted by Crippen LogP contribution is 2.33. The maximum absolute atomic E-state index is 8.71. The number of halogens is 2. The lowest BCUT2D eigenvalue weighted by molar-refractivity contribution is 0.0937. The van der Waals surface area contributed by atoms with Gasteiger partial charge in [0.05, 0.1) is 26.4 Å². The molecular formula is C20H25Cl2NO4. The molecule has 5 nitrogen and oxygen atoms in total. The number of para-hydroxylation sites is 1. The van der Waals surface area contributed by atoms with E-state index in [-0.39, 0.29) is 6.61 Å². The Morgan fingerprint density at radius 2 is 1.89 bits per heavy atom. The Kier molecular flexibility index (Phi) is 9.73. The lowest BCUT2D eigenvalue weighted by Crippen LogP contribution is -2.20. The van der Waals surface area contributed by atoms with Gasteiger partial charge in [-0.1, -0.05) is 41.4 Å². The molecule has 2 aromatic carbocycles. The summed E-state index contributed by atoms with van der Waals surface area (Å²) in [6, 6.07) is 11.1. The molecule has 0 bridgehead atoms. The maximum atomic E-state index is 8.71. The van der Waals surface area contributed by atoms with Crippen LogP contribution in [0.1, 0.15) is 18.1 Å². The first-order valence-electron chi connectivity index (χ1n) is 8.86. The lowest BCUT2D eigenvalue weighted by atomic mass is 10.1. The molecule has 0 unspecified atom stereocenters. The highest BCUT2D eigenvalue weighted by Gasteiger charge is 2.12. The zero-order valence-electron chi connectivity index (χ0n) is 15.3. The summed E-state index contributed by atoms with van der Waals surface area (Å²) in [6.07, 6.45) is 0. The third-order valence-corrected chi connectivity index (χ3v) is 4.31. The van der Waals surface area contributed by atoms with E-state index in [9.17, 15) is 0 Å². The minimum absolute atomic E-state index is 0.0294. The van der Waals surface area contributed by atoms with E-state index in [1.54, 1.807) is 12.1 Å². The largest absolute Gasteiger partial charge is 0.490 e. The molecule has 7 heteroatoms. The van der Waals surface area contributed by atoms with Gasteiger partial charge < -0.3 is 24.6 Å². The number of hydrogen-bond acceptors (Lipinski definition) is 5. The third kappa shape index (κ3) is 7.20. The van der Waals surface area contributed by atoms with Gasteiger partial charge in [0.15, 0.2) is 11.5 Å². The van der Waals surface area contributed by atoms with Gasteiger partial charge in [-0.25, -0.2) is 0 Å². The molecule has 0 saturated carbocycles. The van der Waals surface area contributed by atoms with Gasteiger partial charge in [-0.2, -0.15) is 0 Å². The van der Waals surface area contributed by atoms with Gasteiger partial charge in [0.25, 0.3) is 0 Å². The highest BCUT2D eigenvalue weighted by molar-refractivity contribution is 6.35. The molecule has 0 saturated heterocycles. The predicted molar refractivity (Wildman–Crippen MR) is 108 cm³/mol. The molecule has 148 valence electrons. The summed E-state index contributed by atoms with van der Waals surface area (Å²) in [7, 11) is 0. The number of aliphatic hydroxyl groups is 1. The zero-order valence-corrected chi connectivity index (χ0v) is 16.9. The molecule has 0 aromatic heterocycles.